The average Bonchev–Trinajstić information content (AvgIpc) is 0.926. The summed E-state index contributed by atoms with van der Waals surface area (Å²) in [6.45, 7) is 34.4. The number of fused-ring (bicyclic) bond motifs is 6. The molecule has 6 heterocycles. The summed E-state index contributed by atoms with van der Waals surface area (Å²) in [5, 5.41) is 26.1. The zero-order valence-electron chi connectivity index (χ0n) is 75.7. The van der Waals surface area contributed by atoms with E-state index in [-0.39, 0.29) is 164 Å². The SMILES string of the molecule is CCOC(=O)c1c(C(=O)OCC)c(-c2ccc3c(c2)OCO3)c2cc(C)c(C)cc2c1OC1OC[C@@H](OC)[C@H](C)[C@H]1C.CCOC(=O)c1c(C(=O)OCC)c(-c2ccc3c(c2)OCO3)c2cc(C)c(C)cc2c1OC1OC[C@@H](OC)[C@H](C)[C@H]1O.CCOC(=O)c1c(C(=O)OCC)c(C2=CC=C3OCOC3C2)c2cc(C)c(C)cc2c1O.CO[C@@H]1CO[C@H](Br)[C@H](C)[C@H]1C. The molecule has 29 heteroatoms. The standard InChI is InChI=1S/C33H38O9.C32H36O10.C25H26O7.C8H15BrO2/c1-8-37-31(34)28-27(21-10-11-24-25(14-21)41-16-40-24)22-12-17(3)18(4)13-23(22)30(29(28)32(35)38-9-2)42-33-20(6)19(5)26(36-7)15-39-33;1-7-37-30(34)26-25(19-9-10-22-23(13-19)41-15-40-22)20-11-16(3)17(4)12-21(20)29(27(26)31(35)38-8-2)42-32-28(33)18(5)24(36-6)14-39-32;1-5-29-24(27)21-20(15-7-8-18-19(11-15)32-12-31-18)16-9-13(3)14(4)10-17(16)23(26)22(21)25(28)30-6-2;1-5-6(2)8(9)11-4-7(5)10-3/h10-14,19-20,26,33H,8-9,15-16H2,1-7H3;9-13,18,24,28,32-33H,7-8,14-15H2,1-6H3;7-10,19,26H,5-6,11-12H2,1-4H3;5-8H,4H2,1-3H3/t19-,20-,26-,33?;18-,24+,28+,32?;;5-,6-,7-,8+/m10.1/s1. The van der Waals surface area contributed by atoms with Gasteiger partial charge in [0.15, 0.2) is 29.8 Å². The van der Waals surface area contributed by atoms with E-state index >= 15 is 0 Å². The second kappa shape index (κ2) is 42.1. The van der Waals surface area contributed by atoms with E-state index in [1.54, 1.807) is 87.1 Å². The Kier molecular flexibility index (Phi) is 31.7. The topological polar surface area (TPSA) is 327 Å². The summed E-state index contributed by atoms with van der Waals surface area (Å²) in [5.41, 5.74) is 9.13. The zero-order valence-corrected chi connectivity index (χ0v) is 77.3. The molecule has 0 saturated carbocycles. The van der Waals surface area contributed by atoms with Crippen molar-refractivity contribution in [1.29, 1.82) is 0 Å². The molecule has 28 nitrogen and oxygen atoms in total. The van der Waals surface area contributed by atoms with E-state index in [1.165, 1.54) is 0 Å². The maximum Gasteiger partial charge on any atom is 0.342 e. The quantitative estimate of drug-likeness (QED) is 0.0362. The highest BCUT2D eigenvalue weighted by Gasteiger charge is 2.44. The molecule has 4 saturated heterocycles. The van der Waals surface area contributed by atoms with Crippen LogP contribution in [0.4, 0.5) is 0 Å². The number of methoxy groups -OCH3 is 3. The number of rotatable bonds is 22. The first-order valence-electron chi connectivity index (χ1n) is 43.0. The Hall–Kier alpha value is -10.6. The fourth-order valence-corrected chi connectivity index (χ4v) is 17.2. The van der Waals surface area contributed by atoms with E-state index in [0.717, 1.165) is 44.7 Å². The molecule has 3 unspecified atom stereocenters. The molecule has 0 amide bonds. The third kappa shape index (κ3) is 19.9. The van der Waals surface area contributed by atoms with Crippen molar-refractivity contribution in [1.82, 2.24) is 0 Å². The molecule has 8 aromatic carbocycles. The number of allylic oxidation sites excluding steroid dienone is 2. The molecule has 0 spiro atoms. The smallest absolute Gasteiger partial charge is 0.342 e. The van der Waals surface area contributed by atoms with Gasteiger partial charge in [0.2, 0.25) is 26.2 Å². The Labute approximate surface area is 747 Å². The van der Waals surface area contributed by atoms with Crippen molar-refractivity contribution in [3.8, 4) is 62.5 Å². The number of carbonyl (C=O) groups is 6. The highest BCUT2D eigenvalue weighted by molar-refractivity contribution is 9.09. The Morgan fingerprint density at radius 1 is 0.386 bits per heavy atom. The number of aryl methyl sites for hydroxylation is 6. The molecule has 0 aromatic heterocycles. The summed E-state index contributed by atoms with van der Waals surface area (Å²) < 4.78 is 113. The van der Waals surface area contributed by atoms with Gasteiger partial charge in [0.05, 0.1) is 94.5 Å². The van der Waals surface area contributed by atoms with Crippen molar-refractivity contribution in [2.24, 2.45) is 29.6 Å². The number of aliphatic hydroxyl groups excluding tert-OH is 1. The highest BCUT2D eigenvalue weighted by atomic mass is 79.9. The van der Waals surface area contributed by atoms with Gasteiger partial charge in [0.1, 0.15) is 56.9 Å². The molecular formula is C98H115BrO28. The number of ether oxygens (including phenoxy) is 20. The van der Waals surface area contributed by atoms with E-state index in [9.17, 15) is 39.0 Å². The van der Waals surface area contributed by atoms with E-state index < -0.39 is 54.5 Å². The maximum atomic E-state index is 13.9. The zero-order chi connectivity index (χ0) is 91.7. The number of esters is 6. The van der Waals surface area contributed by atoms with Gasteiger partial charge < -0.3 is 105 Å². The lowest BCUT2D eigenvalue weighted by molar-refractivity contribution is -0.226. The molecule has 7 aliphatic rings. The van der Waals surface area contributed by atoms with Crippen molar-refractivity contribution in [3.63, 3.8) is 0 Å². The molecule has 0 bridgehead atoms. The second-order valence-corrected chi connectivity index (χ2v) is 33.0. The first kappa shape index (κ1) is 95.5. The number of aromatic hydroxyl groups is 1. The largest absolute Gasteiger partial charge is 0.506 e. The fraction of sp³-hybridized carbons (Fsp3) is 0.469. The first-order valence-corrected chi connectivity index (χ1v) is 43.9. The summed E-state index contributed by atoms with van der Waals surface area (Å²) in [5.74, 6) is -0.570. The number of phenolic OH excluding ortho intramolecular Hbond substituents is 1. The van der Waals surface area contributed by atoms with Crippen molar-refractivity contribution in [3.05, 3.63) is 163 Å². The number of phenols is 1. The second-order valence-electron chi connectivity index (χ2n) is 32.1. The van der Waals surface area contributed by atoms with Gasteiger partial charge >= 0.3 is 35.8 Å². The van der Waals surface area contributed by atoms with Crippen LogP contribution in [0.25, 0.3) is 60.1 Å². The minimum absolute atomic E-state index is 0.000526. The van der Waals surface area contributed by atoms with Crippen molar-refractivity contribution in [2.75, 3.05) is 101 Å². The summed E-state index contributed by atoms with van der Waals surface area (Å²) in [4.78, 5) is 81.4. The summed E-state index contributed by atoms with van der Waals surface area (Å²) in [7, 11) is 4.96. The molecule has 682 valence electrons. The van der Waals surface area contributed by atoms with Crippen molar-refractivity contribution >= 4 is 89.6 Å². The summed E-state index contributed by atoms with van der Waals surface area (Å²) in [6.07, 6.45) is 0.766. The molecule has 8 aromatic rings. The van der Waals surface area contributed by atoms with Gasteiger partial charge in [0, 0.05) is 72.4 Å². The normalized spacial score (nSPS) is 22.4. The number of alkyl halides is 1. The van der Waals surface area contributed by atoms with E-state index in [4.69, 9.17) is 94.7 Å². The average molecular weight is 1820 g/mol. The van der Waals surface area contributed by atoms with Gasteiger partial charge in [-0.15, -0.1) is 0 Å². The van der Waals surface area contributed by atoms with Crippen molar-refractivity contribution in [2.45, 2.75) is 172 Å². The number of hydrogen-bond acceptors (Lipinski definition) is 28. The Morgan fingerprint density at radius 2 is 0.748 bits per heavy atom. The summed E-state index contributed by atoms with van der Waals surface area (Å²) >= 11 is 3.47. The minimum atomic E-state index is -1.14. The van der Waals surface area contributed by atoms with Crippen LogP contribution < -0.4 is 28.4 Å². The first-order chi connectivity index (χ1) is 60.9. The van der Waals surface area contributed by atoms with Crippen LogP contribution in [0.1, 0.15) is 184 Å². The monoisotopic (exact) mass is 1820 g/mol. The number of carbonyl (C=O) groups excluding carboxylic acids is 6. The van der Waals surface area contributed by atoms with E-state index in [0.29, 0.717) is 115 Å². The van der Waals surface area contributed by atoms with Gasteiger partial charge in [-0.05, 0) is 216 Å². The van der Waals surface area contributed by atoms with Crippen LogP contribution in [-0.2, 0) is 66.3 Å². The van der Waals surface area contributed by atoms with Gasteiger partial charge in [0.25, 0.3) is 0 Å². The van der Waals surface area contributed by atoms with Crippen LogP contribution >= 0.6 is 15.9 Å². The van der Waals surface area contributed by atoms with Crippen LogP contribution in [0.3, 0.4) is 0 Å². The van der Waals surface area contributed by atoms with Crippen LogP contribution in [0, 0.1) is 71.1 Å². The van der Waals surface area contributed by atoms with E-state index in [2.05, 4.69) is 36.7 Å². The molecule has 0 radical (unpaired) electrons. The number of halogens is 1. The maximum absolute atomic E-state index is 13.9. The summed E-state index contributed by atoms with van der Waals surface area (Å²) in [6, 6.07) is 22.3. The molecule has 6 aliphatic heterocycles. The molecule has 15 rings (SSSR count). The van der Waals surface area contributed by atoms with Gasteiger partial charge in [-0.25, -0.2) is 28.8 Å². The van der Waals surface area contributed by atoms with E-state index in [1.807, 2.05) is 116 Å². The number of aliphatic hydroxyl groups is 1. The van der Waals surface area contributed by atoms with Gasteiger partial charge in [-0.3, -0.25) is 0 Å². The molecule has 127 heavy (non-hydrogen) atoms. The molecular weight excluding hydrogens is 1700 g/mol. The molecule has 2 N–H and O–H groups in total. The Balaban J connectivity index is 0.000000164. The molecule has 13 atom stereocenters. The number of benzene rings is 8. The highest BCUT2D eigenvalue weighted by Crippen LogP contribution is 2.51. The molecule has 1 aliphatic carbocycles. The lowest BCUT2D eigenvalue weighted by atomic mass is 9.83. The minimum Gasteiger partial charge on any atom is -0.506 e. The van der Waals surface area contributed by atoms with Crippen LogP contribution in [-0.4, -0.2) is 195 Å². The van der Waals surface area contributed by atoms with Crippen LogP contribution in [0.15, 0.2) is 90.7 Å². The van der Waals surface area contributed by atoms with Gasteiger partial charge in [-0.2, -0.15) is 0 Å². The lowest BCUT2D eigenvalue weighted by Gasteiger charge is -2.39. The van der Waals surface area contributed by atoms with Crippen LogP contribution in [0.2, 0.25) is 0 Å². The molecule has 4 fully saturated rings. The lowest BCUT2D eigenvalue weighted by Crippen LogP contribution is -2.51. The Bertz CT molecular complexity index is 5290. The van der Waals surface area contributed by atoms with Gasteiger partial charge in [-0.1, -0.05) is 87.0 Å². The predicted molar refractivity (Wildman–Crippen MR) is 476 cm³/mol. The Morgan fingerprint density at radius 3 is 1.19 bits per heavy atom. The fourth-order valence-electron chi connectivity index (χ4n) is 16.6. The van der Waals surface area contributed by atoms with Crippen molar-refractivity contribution < 1.29 is 134 Å². The third-order valence-corrected chi connectivity index (χ3v) is 25.7. The predicted octanol–water partition coefficient (Wildman–Crippen LogP) is 17.8. The number of hydrogen-bond donors (Lipinski definition) is 2. The van der Waals surface area contributed by atoms with Crippen LogP contribution in [0.5, 0.6) is 40.2 Å². The third-order valence-electron chi connectivity index (χ3n) is 24.6.